The van der Waals surface area contributed by atoms with Gasteiger partial charge in [-0.3, -0.25) is 4.68 Å². The third-order valence-corrected chi connectivity index (χ3v) is 5.41. The molecule has 0 saturated carbocycles. The van der Waals surface area contributed by atoms with E-state index in [1.807, 2.05) is 50.7 Å². The molecule has 0 aliphatic carbocycles. The molecule has 0 spiro atoms. The highest BCUT2D eigenvalue weighted by Gasteiger charge is 2.35. The van der Waals surface area contributed by atoms with Gasteiger partial charge in [-0.2, -0.15) is 5.10 Å². The van der Waals surface area contributed by atoms with E-state index in [9.17, 15) is 9.90 Å². The van der Waals surface area contributed by atoms with Crippen LogP contribution in [0.5, 0.6) is 0 Å². The van der Waals surface area contributed by atoms with E-state index in [0.29, 0.717) is 24.6 Å². The van der Waals surface area contributed by atoms with Crippen LogP contribution in [0.1, 0.15) is 44.2 Å². The molecule has 34 heavy (non-hydrogen) atoms. The Morgan fingerprint density at radius 3 is 2.56 bits per heavy atom. The first kappa shape index (κ1) is 23.7. The summed E-state index contributed by atoms with van der Waals surface area (Å²) in [5, 5.41) is 17.4. The van der Waals surface area contributed by atoms with Crippen LogP contribution in [0, 0.1) is 6.92 Å². The molecule has 1 fully saturated rings. The van der Waals surface area contributed by atoms with Gasteiger partial charge >= 0.3 is 6.09 Å². The quantitative estimate of drug-likeness (QED) is 0.527. The lowest BCUT2D eigenvalue weighted by atomic mass is 10.1. The Bertz CT molecular complexity index is 1150. The van der Waals surface area contributed by atoms with E-state index in [0.717, 1.165) is 22.5 Å². The SMILES string of the molecule is COC(O)c1ccc(-c2nc(Nc3cnn(C4CN(C(=O)OC(C)(C)C)C4)c3)ncc2C)cc1. The molecule has 10 nitrogen and oxygen atoms in total. The molecule has 2 aromatic heterocycles. The van der Waals surface area contributed by atoms with E-state index in [1.165, 1.54) is 7.11 Å². The lowest BCUT2D eigenvalue weighted by Crippen LogP contribution is -2.52. The van der Waals surface area contributed by atoms with Gasteiger partial charge in [-0.15, -0.1) is 0 Å². The number of amides is 1. The Hall–Kier alpha value is -3.50. The second-order valence-corrected chi connectivity index (χ2v) is 9.31. The van der Waals surface area contributed by atoms with Crippen LogP contribution in [-0.4, -0.2) is 61.6 Å². The summed E-state index contributed by atoms with van der Waals surface area (Å²) in [5.74, 6) is 0.449. The number of nitrogens with zero attached hydrogens (tertiary/aromatic N) is 5. The Balaban J connectivity index is 1.40. The number of anilines is 2. The highest BCUT2D eigenvalue weighted by atomic mass is 16.6. The molecule has 1 saturated heterocycles. The highest BCUT2D eigenvalue weighted by molar-refractivity contribution is 5.69. The molecule has 2 N–H and O–H groups in total. The van der Waals surface area contributed by atoms with Crippen molar-refractivity contribution in [2.75, 3.05) is 25.5 Å². The number of hydrogen-bond donors (Lipinski definition) is 2. The Labute approximate surface area is 198 Å². The van der Waals surface area contributed by atoms with Crippen molar-refractivity contribution < 1.29 is 19.4 Å². The summed E-state index contributed by atoms with van der Waals surface area (Å²) in [6.45, 7) is 8.61. The summed E-state index contributed by atoms with van der Waals surface area (Å²) >= 11 is 0. The monoisotopic (exact) mass is 466 g/mol. The summed E-state index contributed by atoms with van der Waals surface area (Å²) in [5.41, 5.74) is 3.54. The number of rotatable bonds is 6. The first-order valence-corrected chi connectivity index (χ1v) is 11.1. The average Bonchev–Trinajstić information content (AvgIpc) is 3.20. The number of carbonyl (C=O) groups is 1. The van der Waals surface area contributed by atoms with E-state index < -0.39 is 11.9 Å². The number of aliphatic hydroxyl groups is 1. The molecule has 3 heterocycles. The third-order valence-electron chi connectivity index (χ3n) is 5.41. The van der Waals surface area contributed by atoms with E-state index in [-0.39, 0.29) is 12.1 Å². The van der Waals surface area contributed by atoms with Crippen molar-refractivity contribution in [2.24, 2.45) is 0 Å². The molecule has 1 aliphatic rings. The van der Waals surface area contributed by atoms with Gasteiger partial charge < -0.3 is 24.8 Å². The predicted octanol–water partition coefficient (Wildman–Crippen LogP) is 3.82. The number of nitrogens with one attached hydrogen (secondary N) is 1. The van der Waals surface area contributed by atoms with Crippen LogP contribution in [0.3, 0.4) is 0 Å². The van der Waals surface area contributed by atoms with Gasteiger partial charge in [0.2, 0.25) is 5.95 Å². The molecule has 10 heteroatoms. The van der Waals surface area contributed by atoms with Crippen LogP contribution in [0.15, 0.2) is 42.9 Å². The highest BCUT2D eigenvalue weighted by Crippen LogP contribution is 2.27. The van der Waals surface area contributed by atoms with Gasteiger partial charge in [-0.25, -0.2) is 14.8 Å². The molecule has 1 aliphatic heterocycles. The van der Waals surface area contributed by atoms with Crippen LogP contribution in [0.4, 0.5) is 16.4 Å². The fourth-order valence-corrected chi connectivity index (χ4v) is 3.57. The number of benzene rings is 1. The predicted molar refractivity (Wildman–Crippen MR) is 127 cm³/mol. The van der Waals surface area contributed by atoms with Gasteiger partial charge in [0.05, 0.1) is 23.6 Å². The fourth-order valence-electron chi connectivity index (χ4n) is 3.57. The van der Waals surface area contributed by atoms with Crippen LogP contribution >= 0.6 is 0 Å². The van der Waals surface area contributed by atoms with E-state index in [1.54, 1.807) is 29.4 Å². The van der Waals surface area contributed by atoms with Crippen molar-refractivity contribution in [1.82, 2.24) is 24.6 Å². The third kappa shape index (κ3) is 5.35. The summed E-state index contributed by atoms with van der Waals surface area (Å²) < 4.78 is 12.2. The fraction of sp³-hybridized carbons (Fsp3) is 0.417. The molecular weight excluding hydrogens is 436 g/mol. The van der Waals surface area contributed by atoms with Crippen LogP contribution < -0.4 is 5.32 Å². The smallest absolute Gasteiger partial charge is 0.410 e. The lowest BCUT2D eigenvalue weighted by Gasteiger charge is -2.39. The maximum atomic E-state index is 12.1. The largest absolute Gasteiger partial charge is 0.444 e. The van der Waals surface area contributed by atoms with Gasteiger partial charge in [0.25, 0.3) is 0 Å². The number of carbonyl (C=O) groups excluding carboxylic acids is 1. The van der Waals surface area contributed by atoms with Gasteiger partial charge in [0.15, 0.2) is 6.29 Å². The number of likely N-dealkylation sites (tertiary alicyclic amines) is 1. The van der Waals surface area contributed by atoms with Crippen molar-refractivity contribution in [1.29, 1.82) is 0 Å². The molecule has 3 aromatic rings. The zero-order valence-electron chi connectivity index (χ0n) is 20.0. The number of aliphatic hydroxyl groups excluding tert-OH is 1. The Kier molecular flexibility index (Phi) is 6.54. The van der Waals surface area contributed by atoms with Gasteiger partial charge in [-0.05, 0) is 33.3 Å². The van der Waals surface area contributed by atoms with Crippen molar-refractivity contribution in [3.05, 3.63) is 54.0 Å². The van der Waals surface area contributed by atoms with Crippen molar-refractivity contribution in [3.63, 3.8) is 0 Å². The van der Waals surface area contributed by atoms with Crippen molar-refractivity contribution >= 4 is 17.7 Å². The minimum absolute atomic E-state index is 0.0959. The zero-order valence-corrected chi connectivity index (χ0v) is 20.0. The van der Waals surface area contributed by atoms with Crippen LogP contribution in [0.2, 0.25) is 0 Å². The van der Waals surface area contributed by atoms with Crippen molar-refractivity contribution in [3.8, 4) is 11.3 Å². The number of aromatic nitrogens is 4. The molecular formula is C24H30N6O4. The standard InChI is InChI=1S/C24H30N6O4/c1-15-10-25-22(28-20(15)16-6-8-17(9-7-16)21(31)33-5)27-18-11-26-30(12-18)19-13-29(14-19)23(32)34-24(2,3)4/h6-12,19,21,31H,13-14H2,1-5H3,(H,25,27,28). The minimum atomic E-state index is -0.957. The molecule has 1 unspecified atom stereocenters. The first-order valence-electron chi connectivity index (χ1n) is 11.1. The van der Waals surface area contributed by atoms with E-state index in [2.05, 4.69) is 20.4 Å². The van der Waals surface area contributed by atoms with Crippen LogP contribution in [0.25, 0.3) is 11.3 Å². The normalized spacial score (nSPS) is 15.1. The second kappa shape index (κ2) is 9.40. The maximum Gasteiger partial charge on any atom is 0.410 e. The molecule has 1 atom stereocenters. The van der Waals surface area contributed by atoms with Gasteiger partial charge in [0, 0.05) is 43.7 Å². The summed E-state index contributed by atoms with van der Waals surface area (Å²) in [4.78, 5) is 22.9. The van der Waals surface area contributed by atoms with Crippen molar-refractivity contribution in [2.45, 2.75) is 45.6 Å². The summed E-state index contributed by atoms with van der Waals surface area (Å²) in [6, 6.07) is 7.49. The second-order valence-electron chi connectivity index (χ2n) is 9.31. The molecule has 1 amide bonds. The van der Waals surface area contributed by atoms with E-state index in [4.69, 9.17) is 9.47 Å². The number of ether oxygens (including phenoxy) is 2. The minimum Gasteiger partial charge on any atom is -0.444 e. The molecule has 4 rings (SSSR count). The number of aryl methyl sites for hydroxylation is 1. The number of methoxy groups -OCH3 is 1. The van der Waals surface area contributed by atoms with Gasteiger partial charge in [0.1, 0.15) is 5.60 Å². The molecule has 0 bridgehead atoms. The van der Waals surface area contributed by atoms with Gasteiger partial charge in [-0.1, -0.05) is 24.3 Å². The van der Waals surface area contributed by atoms with Crippen LogP contribution in [-0.2, 0) is 9.47 Å². The van der Waals surface area contributed by atoms with E-state index >= 15 is 0 Å². The molecule has 180 valence electrons. The Morgan fingerprint density at radius 1 is 1.21 bits per heavy atom. The molecule has 0 radical (unpaired) electrons. The summed E-state index contributed by atoms with van der Waals surface area (Å²) in [7, 11) is 1.45. The lowest BCUT2D eigenvalue weighted by molar-refractivity contribution is -0.0769. The Morgan fingerprint density at radius 2 is 1.91 bits per heavy atom. The topological polar surface area (TPSA) is 115 Å². The first-order chi connectivity index (χ1) is 16.1. The number of hydrogen-bond acceptors (Lipinski definition) is 8. The molecule has 1 aromatic carbocycles. The maximum absolute atomic E-state index is 12.1. The average molecular weight is 467 g/mol. The zero-order chi connectivity index (χ0) is 24.5. The summed E-state index contributed by atoms with van der Waals surface area (Å²) in [6.07, 6.45) is 4.08.